The quantitative estimate of drug-likeness (QED) is 0.872. The summed E-state index contributed by atoms with van der Waals surface area (Å²) >= 11 is 1.26. The van der Waals surface area contributed by atoms with Crippen molar-refractivity contribution in [2.75, 3.05) is 20.2 Å². The van der Waals surface area contributed by atoms with Gasteiger partial charge in [-0.2, -0.15) is 0 Å². The van der Waals surface area contributed by atoms with Crippen LogP contribution in [0.4, 0.5) is 0 Å². The minimum Gasteiger partial charge on any atom is -0.497 e. The molecule has 5 rings (SSSR count). The second kappa shape index (κ2) is 7.25. The summed E-state index contributed by atoms with van der Waals surface area (Å²) in [5.74, 6) is 1.85. The number of rotatable bonds is 5. The van der Waals surface area contributed by atoms with Gasteiger partial charge in [0.25, 0.3) is 5.91 Å². The highest BCUT2D eigenvalue weighted by molar-refractivity contribution is 7.15. The smallest absolute Gasteiger partial charge is 0.280 e. The first-order chi connectivity index (χ1) is 12.6. The fourth-order valence-electron chi connectivity index (χ4n) is 3.95. The van der Waals surface area contributed by atoms with Crippen LogP contribution in [0.15, 0.2) is 30.5 Å². The van der Waals surface area contributed by atoms with Gasteiger partial charge in [0.1, 0.15) is 11.5 Å². The number of amides is 1. The van der Waals surface area contributed by atoms with E-state index in [1.54, 1.807) is 19.4 Å². The molecule has 4 heterocycles. The molecule has 0 radical (unpaired) electrons. The van der Waals surface area contributed by atoms with Crippen LogP contribution in [0.3, 0.4) is 0 Å². The van der Waals surface area contributed by atoms with E-state index in [0.717, 1.165) is 31.7 Å². The maximum absolute atomic E-state index is 12.6. The third-order valence-corrected chi connectivity index (χ3v) is 6.29. The maximum atomic E-state index is 12.6. The summed E-state index contributed by atoms with van der Waals surface area (Å²) in [6.07, 6.45) is 3.92. The zero-order chi connectivity index (χ0) is 18.1. The standard InChI is InChI=1S/C19H23N3O3S/c1-12-17(13-6-8-22(12)9-7-13)21-18(23)19-20-11-16(26-19)25-15-5-3-4-14(10-15)24-2/h3-5,10-13,17H,6-9H2,1-2H3,(H,21,23). The average molecular weight is 373 g/mol. The number of hydrogen-bond acceptors (Lipinski definition) is 6. The van der Waals surface area contributed by atoms with E-state index in [-0.39, 0.29) is 11.9 Å². The number of ether oxygens (including phenoxy) is 2. The van der Waals surface area contributed by atoms with Crippen molar-refractivity contribution in [1.29, 1.82) is 0 Å². The molecule has 2 bridgehead atoms. The lowest BCUT2D eigenvalue weighted by Crippen LogP contribution is -2.62. The number of fused-ring (bicyclic) bond motifs is 3. The minimum atomic E-state index is -0.110. The summed E-state index contributed by atoms with van der Waals surface area (Å²) in [5, 5.41) is 4.23. The molecule has 3 aliphatic rings. The molecule has 26 heavy (non-hydrogen) atoms. The Hall–Kier alpha value is -2.12. The molecule has 6 nitrogen and oxygen atoms in total. The van der Waals surface area contributed by atoms with Crippen LogP contribution in [0.5, 0.6) is 16.6 Å². The summed E-state index contributed by atoms with van der Waals surface area (Å²) in [4.78, 5) is 19.4. The summed E-state index contributed by atoms with van der Waals surface area (Å²) < 4.78 is 11.0. The largest absolute Gasteiger partial charge is 0.497 e. The van der Waals surface area contributed by atoms with Crippen LogP contribution in [0.25, 0.3) is 0 Å². The van der Waals surface area contributed by atoms with Crippen LogP contribution in [0, 0.1) is 5.92 Å². The fourth-order valence-corrected chi connectivity index (χ4v) is 4.64. The highest BCUT2D eigenvalue weighted by atomic mass is 32.1. The molecule has 1 aromatic heterocycles. The lowest BCUT2D eigenvalue weighted by Gasteiger charge is -2.49. The molecular formula is C19H23N3O3S. The number of benzene rings is 1. The lowest BCUT2D eigenvalue weighted by molar-refractivity contribution is 0.0217. The first kappa shape index (κ1) is 17.3. The highest BCUT2D eigenvalue weighted by Crippen LogP contribution is 2.33. The van der Waals surface area contributed by atoms with Crippen molar-refractivity contribution >= 4 is 17.2 Å². The normalized spacial score (nSPS) is 27.2. The number of nitrogens with one attached hydrogen (secondary N) is 1. The molecule has 2 atom stereocenters. The minimum absolute atomic E-state index is 0.110. The molecule has 2 unspecified atom stereocenters. The fraction of sp³-hybridized carbons (Fsp3) is 0.474. The number of aromatic nitrogens is 1. The van der Waals surface area contributed by atoms with E-state index in [4.69, 9.17) is 9.47 Å². The third kappa shape index (κ3) is 3.41. The predicted molar refractivity (Wildman–Crippen MR) is 100 cm³/mol. The zero-order valence-corrected chi connectivity index (χ0v) is 15.8. The van der Waals surface area contributed by atoms with Crippen LogP contribution in [0.2, 0.25) is 0 Å². The SMILES string of the molecule is COc1cccc(Oc2cnc(C(=O)NC3C4CCN(CC4)C3C)s2)c1. The summed E-state index contributed by atoms with van der Waals surface area (Å²) in [7, 11) is 1.61. The van der Waals surface area contributed by atoms with Crippen molar-refractivity contribution < 1.29 is 14.3 Å². The summed E-state index contributed by atoms with van der Waals surface area (Å²) in [5.41, 5.74) is 0. The van der Waals surface area contributed by atoms with Gasteiger partial charge >= 0.3 is 0 Å². The van der Waals surface area contributed by atoms with E-state index in [0.29, 0.717) is 27.8 Å². The summed E-state index contributed by atoms with van der Waals surface area (Å²) in [6, 6.07) is 7.95. The molecule has 3 fully saturated rings. The van der Waals surface area contributed by atoms with E-state index in [2.05, 4.69) is 22.1 Å². The molecule has 138 valence electrons. The first-order valence-corrected chi connectivity index (χ1v) is 9.78. The number of hydrogen-bond donors (Lipinski definition) is 1. The third-order valence-electron chi connectivity index (χ3n) is 5.41. The summed E-state index contributed by atoms with van der Waals surface area (Å²) in [6.45, 7) is 4.50. The molecule has 7 heteroatoms. The second-order valence-electron chi connectivity index (χ2n) is 6.88. The van der Waals surface area contributed by atoms with Crippen LogP contribution in [-0.4, -0.2) is 48.1 Å². The number of nitrogens with zero attached hydrogens (tertiary/aromatic N) is 2. The number of piperidine rings is 3. The van der Waals surface area contributed by atoms with Gasteiger partial charge in [-0.3, -0.25) is 9.69 Å². The second-order valence-corrected chi connectivity index (χ2v) is 7.87. The van der Waals surface area contributed by atoms with Gasteiger partial charge in [-0.25, -0.2) is 4.98 Å². The van der Waals surface area contributed by atoms with Crippen molar-refractivity contribution in [3.8, 4) is 16.6 Å². The van der Waals surface area contributed by atoms with Crippen LogP contribution in [-0.2, 0) is 0 Å². The van der Waals surface area contributed by atoms with Crippen LogP contribution >= 0.6 is 11.3 Å². The van der Waals surface area contributed by atoms with Gasteiger partial charge in [-0.15, -0.1) is 0 Å². The van der Waals surface area contributed by atoms with Crippen molar-refractivity contribution in [1.82, 2.24) is 15.2 Å². The number of thiazole rings is 1. The van der Waals surface area contributed by atoms with Crippen LogP contribution in [0.1, 0.15) is 29.6 Å². The van der Waals surface area contributed by atoms with Crippen molar-refractivity contribution in [3.63, 3.8) is 0 Å². The Morgan fingerprint density at radius 3 is 2.81 bits per heavy atom. The lowest BCUT2D eigenvalue weighted by atomic mass is 9.79. The van der Waals surface area contributed by atoms with E-state index in [1.165, 1.54) is 11.3 Å². The first-order valence-electron chi connectivity index (χ1n) is 8.96. The molecule has 0 saturated carbocycles. The number of carbonyl (C=O) groups excluding carboxylic acids is 1. The number of carbonyl (C=O) groups is 1. The van der Waals surface area contributed by atoms with E-state index < -0.39 is 0 Å². The molecule has 3 aliphatic heterocycles. The Morgan fingerprint density at radius 2 is 2.08 bits per heavy atom. The van der Waals surface area contributed by atoms with Crippen molar-refractivity contribution in [2.24, 2.45) is 5.92 Å². The van der Waals surface area contributed by atoms with Gasteiger partial charge in [0.2, 0.25) is 5.06 Å². The van der Waals surface area contributed by atoms with Gasteiger partial charge < -0.3 is 14.8 Å². The van der Waals surface area contributed by atoms with Crippen molar-refractivity contribution in [2.45, 2.75) is 31.8 Å². The predicted octanol–water partition coefficient (Wildman–Crippen LogP) is 3.16. The molecule has 0 spiro atoms. The topological polar surface area (TPSA) is 63.7 Å². The molecular weight excluding hydrogens is 350 g/mol. The van der Waals surface area contributed by atoms with Gasteiger partial charge in [0.05, 0.1) is 13.3 Å². The Balaban J connectivity index is 1.41. The zero-order valence-electron chi connectivity index (χ0n) is 15.0. The Kier molecular flexibility index (Phi) is 4.82. The molecule has 3 saturated heterocycles. The molecule has 2 aromatic rings. The maximum Gasteiger partial charge on any atom is 0.280 e. The van der Waals surface area contributed by atoms with E-state index in [1.807, 2.05) is 18.2 Å². The van der Waals surface area contributed by atoms with Gasteiger partial charge in [0, 0.05) is 18.2 Å². The average Bonchev–Trinajstić information content (AvgIpc) is 3.13. The highest BCUT2D eigenvalue weighted by Gasteiger charge is 2.40. The molecule has 0 aliphatic carbocycles. The van der Waals surface area contributed by atoms with Gasteiger partial charge in [-0.05, 0) is 50.9 Å². The van der Waals surface area contributed by atoms with E-state index in [9.17, 15) is 4.79 Å². The monoisotopic (exact) mass is 373 g/mol. The molecule has 1 aromatic carbocycles. The van der Waals surface area contributed by atoms with Gasteiger partial charge in [0.15, 0.2) is 5.01 Å². The molecule has 1 N–H and O–H groups in total. The van der Waals surface area contributed by atoms with E-state index >= 15 is 0 Å². The van der Waals surface area contributed by atoms with Gasteiger partial charge in [-0.1, -0.05) is 17.4 Å². The molecule has 1 amide bonds. The van der Waals surface area contributed by atoms with Crippen LogP contribution < -0.4 is 14.8 Å². The number of methoxy groups -OCH3 is 1. The Bertz CT molecular complexity index is 784. The van der Waals surface area contributed by atoms with Crippen molar-refractivity contribution in [3.05, 3.63) is 35.5 Å². The Labute approximate surface area is 157 Å². The Morgan fingerprint density at radius 1 is 1.31 bits per heavy atom.